The van der Waals surface area contributed by atoms with Gasteiger partial charge in [-0.1, -0.05) is 23.9 Å². The van der Waals surface area contributed by atoms with E-state index in [9.17, 15) is 4.79 Å². The van der Waals surface area contributed by atoms with E-state index in [1.807, 2.05) is 24.3 Å². The first-order valence-corrected chi connectivity index (χ1v) is 11.3. The smallest absolute Gasteiger partial charge is 0.321 e. The highest BCUT2D eigenvalue weighted by atomic mass is 32.2. The van der Waals surface area contributed by atoms with E-state index in [1.54, 1.807) is 11.3 Å². The van der Waals surface area contributed by atoms with Gasteiger partial charge in [0.2, 0.25) is 11.9 Å². The molecule has 0 spiro atoms. The summed E-state index contributed by atoms with van der Waals surface area (Å²) < 4.78 is 7.22. The Morgan fingerprint density at radius 1 is 1.17 bits per heavy atom. The Hall–Kier alpha value is -2.46. The molecule has 152 valence electrons. The van der Waals surface area contributed by atoms with Crippen molar-refractivity contribution in [1.29, 1.82) is 0 Å². The lowest BCUT2D eigenvalue weighted by Gasteiger charge is -2.26. The minimum atomic E-state index is -0.0897. The van der Waals surface area contributed by atoms with Crippen LogP contribution >= 0.6 is 23.1 Å². The topological polar surface area (TPSA) is 93.1 Å². The van der Waals surface area contributed by atoms with Crippen molar-refractivity contribution in [3.8, 4) is 6.01 Å². The van der Waals surface area contributed by atoms with Gasteiger partial charge in [0.1, 0.15) is 0 Å². The Bertz CT molecular complexity index is 957. The number of thiazole rings is 1. The number of methoxy groups -OCH3 is 1. The van der Waals surface area contributed by atoms with E-state index >= 15 is 0 Å². The average molecular weight is 431 g/mol. The van der Waals surface area contributed by atoms with Crippen LogP contribution in [0.2, 0.25) is 0 Å². The monoisotopic (exact) mass is 430 g/mol. The maximum absolute atomic E-state index is 12.3. The molecule has 1 N–H and O–H groups in total. The summed E-state index contributed by atoms with van der Waals surface area (Å²) in [4.78, 5) is 32.1. The van der Waals surface area contributed by atoms with Gasteiger partial charge in [-0.25, -0.2) is 4.98 Å². The molecular formula is C19H22N6O2S2. The third kappa shape index (κ3) is 5.13. The number of nitrogens with one attached hydrogen (secondary N) is 1. The maximum Gasteiger partial charge on any atom is 0.321 e. The first-order chi connectivity index (χ1) is 14.2. The van der Waals surface area contributed by atoms with Crippen molar-refractivity contribution in [2.24, 2.45) is 0 Å². The van der Waals surface area contributed by atoms with Crippen LogP contribution in [0.4, 0.5) is 5.95 Å². The molecule has 1 aromatic carbocycles. The summed E-state index contributed by atoms with van der Waals surface area (Å²) >= 11 is 3.03. The van der Waals surface area contributed by atoms with Crippen molar-refractivity contribution in [3.05, 3.63) is 30.1 Å². The lowest BCUT2D eigenvalue weighted by atomic mass is 10.1. The highest BCUT2D eigenvalue weighted by Gasteiger charge is 2.17. The number of fused-ring (bicyclic) bond motifs is 1. The number of hydrogen-bond donors (Lipinski definition) is 1. The molecule has 0 aliphatic carbocycles. The molecule has 0 radical (unpaired) electrons. The van der Waals surface area contributed by atoms with E-state index in [0.717, 1.165) is 40.5 Å². The zero-order valence-corrected chi connectivity index (χ0v) is 17.8. The van der Waals surface area contributed by atoms with Crippen molar-refractivity contribution in [1.82, 2.24) is 25.3 Å². The summed E-state index contributed by atoms with van der Waals surface area (Å²) in [5, 5.41) is 2.87. The van der Waals surface area contributed by atoms with Crippen LogP contribution in [-0.2, 0) is 11.3 Å². The molecule has 0 unspecified atom stereocenters. The normalized spacial score (nSPS) is 14.2. The van der Waals surface area contributed by atoms with E-state index in [1.165, 1.54) is 25.3 Å². The number of para-hydroxylation sites is 1. The van der Waals surface area contributed by atoms with Gasteiger partial charge in [0.25, 0.3) is 0 Å². The minimum Gasteiger partial charge on any atom is -0.467 e. The number of carbonyl (C=O) groups is 1. The van der Waals surface area contributed by atoms with Gasteiger partial charge < -0.3 is 15.0 Å². The summed E-state index contributed by atoms with van der Waals surface area (Å²) in [6.07, 6.45) is 3.49. The second kappa shape index (κ2) is 9.36. The van der Waals surface area contributed by atoms with Crippen LogP contribution < -0.4 is 15.0 Å². The van der Waals surface area contributed by atoms with E-state index in [-0.39, 0.29) is 18.5 Å². The van der Waals surface area contributed by atoms with Gasteiger partial charge in [0.05, 0.1) is 29.6 Å². The summed E-state index contributed by atoms with van der Waals surface area (Å²) in [7, 11) is 1.53. The zero-order valence-electron chi connectivity index (χ0n) is 16.1. The quantitative estimate of drug-likeness (QED) is 0.572. The number of aromatic nitrogens is 4. The molecule has 3 aromatic rings. The van der Waals surface area contributed by atoms with Crippen LogP contribution in [0.3, 0.4) is 0 Å². The van der Waals surface area contributed by atoms with Crippen molar-refractivity contribution >= 4 is 45.2 Å². The van der Waals surface area contributed by atoms with Gasteiger partial charge in [0, 0.05) is 13.1 Å². The van der Waals surface area contributed by atoms with Crippen molar-refractivity contribution in [2.75, 3.05) is 30.9 Å². The predicted molar refractivity (Wildman–Crippen MR) is 115 cm³/mol. The lowest BCUT2D eigenvalue weighted by molar-refractivity contribution is -0.118. The molecule has 1 fully saturated rings. The third-order valence-electron chi connectivity index (χ3n) is 4.52. The summed E-state index contributed by atoms with van der Waals surface area (Å²) in [5.41, 5.74) is 0.961. The second-order valence-corrected chi connectivity index (χ2v) is 8.85. The molecule has 1 saturated heterocycles. The Labute approximate surface area is 177 Å². The molecule has 3 heterocycles. The van der Waals surface area contributed by atoms with Gasteiger partial charge in [-0.3, -0.25) is 4.79 Å². The maximum atomic E-state index is 12.3. The number of benzene rings is 1. The Morgan fingerprint density at radius 2 is 2.00 bits per heavy atom. The van der Waals surface area contributed by atoms with E-state index in [0.29, 0.717) is 17.5 Å². The van der Waals surface area contributed by atoms with Gasteiger partial charge in [-0.15, -0.1) is 11.3 Å². The van der Waals surface area contributed by atoms with Gasteiger partial charge in [0.15, 0.2) is 10.2 Å². The highest BCUT2D eigenvalue weighted by molar-refractivity contribution is 8.01. The number of ether oxygens (including phenoxy) is 1. The van der Waals surface area contributed by atoms with Gasteiger partial charge >= 0.3 is 6.01 Å². The van der Waals surface area contributed by atoms with Gasteiger partial charge in [-0.05, 0) is 31.4 Å². The number of carbonyl (C=O) groups excluding carboxylic acids is 1. The summed E-state index contributed by atoms with van der Waals surface area (Å²) in [5.74, 6) is 1.31. The lowest BCUT2D eigenvalue weighted by Crippen LogP contribution is -2.32. The largest absolute Gasteiger partial charge is 0.467 e. The molecule has 8 nitrogen and oxygen atoms in total. The van der Waals surface area contributed by atoms with Crippen LogP contribution in [-0.4, -0.2) is 51.8 Å². The molecule has 4 rings (SSSR count). The molecule has 29 heavy (non-hydrogen) atoms. The van der Waals surface area contributed by atoms with E-state index in [2.05, 4.69) is 30.2 Å². The van der Waals surface area contributed by atoms with Crippen LogP contribution in [0.15, 0.2) is 28.6 Å². The molecule has 0 atom stereocenters. The molecule has 10 heteroatoms. The first kappa shape index (κ1) is 19.8. The molecule has 1 aliphatic heterocycles. The average Bonchev–Trinajstić information content (AvgIpc) is 3.19. The SMILES string of the molecule is COc1nc(CNC(=O)CSc2nc3ccccc3s2)nc(N2CCCCC2)n1. The molecule has 0 saturated carbocycles. The van der Waals surface area contributed by atoms with Crippen LogP contribution in [0.5, 0.6) is 6.01 Å². The predicted octanol–water partition coefficient (Wildman–Crippen LogP) is 2.89. The number of anilines is 1. The molecular weight excluding hydrogens is 408 g/mol. The van der Waals surface area contributed by atoms with E-state index in [4.69, 9.17) is 4.74 Å². The summed E-state index contributed by atoms with van der Waals surface area (Å²) in [6, 6.07) is 8.23. The number of nitrogens with zero attached hydrogens (tertiary/aromatic N) is 5. The van der Waals surface area contributed by atoms with Crippen molar-refractivity contribution in [2.45, 2.75) is 30.1 Å². The number of piperidine rings is 1. The van der Waals surface area contributed by atoms with E-state index < -0.39 is 0 Å². The Kier molecular flexibility index (Phi) is 6.40. The second-order valence-electron chi connectivity index (χ2n) is 6.60. The Morgan fingerprint density at radius 3 is 2.79 bits per heavy atom. The zero-order chi connectivity index (χ0) is 20.1. The number of hydrogen-bond acceptors (Lipinski definition) is 9. The van der Waals surface area contributed by atoms with Crippen LogP contribution in [0.1, 0.15) is 25.1 Å². The standard InChI is InChI=1S/C19H22N6O2S2/c1-27-18-23-15(22-17(24-18)25-9-5-2-6-10-25)11-20-16(26)12-28-19-21-13-7-3-4-8-14(13)29-19/h3-4,7-8H,2,5-6,9-12H2,1H3,(H,20,26). The Balaban J connectivity index is 1.34. The summed E-state index contributed by atoms with van der Waals surface area (Å²) in [6.45, 7) is 2.09. The van der Waals surface area contributed by atoms with Crippen molar-refractivity contribution < 1.29 is 9.53 Å². The fraction of sp³-hybridized carbons (Fsp3) is 0.421. The third-order valence-corrected chi connectivity index (χ3v) is 6.69. The molecule has 2 aromatic heterocycles. The van der Waals surface area contributed by atoms with Gasteiger partial charge in [-0.2, -0.15) is 15.0 Å². The molecule has 0 bridgehead atoms. The molecule has 1 aliphatic rings. The first-order valence-electron chi connectivity index (χ1n) is 9.50. The number of amides is 1. The highest BCUT2D eigenvalue weighted by Crippen LogP contribution is 2.29. The number of thioether (sulfide) groups is 1. The fourth-order valence-electron chi connectivity index (χ4n) is 3.06. The van der Waals surface area contributed by atoms with Crippen molar-refractivity contribution in [3.63, 3.8) is 0 Å². The number of rotatable bonds is 7. The fourth-order valence-corrected chi connectivity index (χ4v) is 4.96. The van der Waals surface area contributed by atoms with Crippen LogP contribution in [0, 0.1) is 0 Å². The minimum absolute atomic E-state index is 0.0897. The van der Waals surface area contributed by atoms with Crippen LogP contribution in [0.25, 0.3) is 10.2 Å². The molecule has 1 amide bonds.